The molecule has 216 valence electrons. The Morgan fingerprint density at radius 2 is 1.77 bits per heavy atom. The second kappa shape index (κ2) is 12.3. The van der Waals surface area contributed by atoms with E-state index in [9.17, 15) is 18.0 Å². The van der Waals surface area contributed by atoms with Crippen molar-refractivity contribution < 1.29 is 27.5 Å². The van der Waals surface area contributed by atoms with Gasteiger partial charge in [0.25, 0.3) is 0 Å². The number of aromatic nitrogens is 1. The summed E-state index contributed by atoms with van der Waals surface area (Å²) in [5.41, 5.74) is -1.18. The van der Waals surface area contributed by atoms with Crippen molar-refractivity contribution in [3.05, 3.63) is 30.5 Å². The van der Waals surface area contributed by atoms with Crippen LogP contribution in [-0.2, 0) is 19.5 Å². The smallest absolute Gasteiger partial charge is 0.410 e. The highest BCUT2D eigenvalue weighted by molar-refractivity contribution is 7.99. The number of carbonyl (C=O) groups is 2. The number of benzene rings is 1. The Hall–Kier alpha value is -2.57. The largest absolute Gasteiger partial charge is 0.444 e. The molecule has 0 radical (unpaired) electrons. The van der Waals surface area contributed by atoms with Crippen LogP contribution >= 0.6 is 11.8 Å². The number of fused-ring (bicyclic) bond motifs is 1. The van der Waals surface area contributed by atoms with Crippen molar-refractivity contribution in [1.82, 2.24) is 19.5 Å². The highest BCUT2D eigenvalue weighted by atomic mass is 32.2. The van der Waals surface area contributed by atoms with Gasteiger partial charge in [-0.3, -0.25) is 0 Å². The average Bonchev–Trinajstić information content (AvgIpc) is 3.01. The molecule has 2 heterocycles. The number of hydrogen-bond donors (Lipinski definition) is 1. The van der Waals surface area contributed by atoms with E-state index in [1.165, 1.54) is 16.1 Å². The summed E-state index contributed by atoms with van der Waals surface area (Å²) < 4.78 is 39.6. The average molecular weight is 581 g/mol. The van der Waals surface area contributed by atoms with Crippen LogP contribution in [0.5, 0.6) is 0 Å². The number of sulfonamides is 1. The topological polar surface area (TPSA) is 118 Å². The van der Waals surface area contributed by atoms with Crippen molar-refractivity contribution in [3.63, 3.8) is 0 Å². The van der Waals surface area contributed by atoms with E-state index in [0.717, 1.165) is 15.8 Å². The number of ether oxygens (including phenoxy) is 2. The first-order chi connectivity index (χ1) is 18.1. The van der Waals surface area contributed by atoms with Crippen LogP contribution in [-0.4, -0.2) is 84.0 Å². The van der Waals surface area contributed by atoms with Gasteiger partial charge in [-0.2, -0.15) is 4.31 Å². The molecule has 0 unspecified atom stereocenters. The molecule has 0 saturated carbocycles. The van der Waals surface area contributed by atoms with E-state index < -0.39 is 39.5 Å². The summed E-state index contributed by atoms with van der Waals surface area (Å²) in [5.74, 6) is 0.574. The minimum Gasteiger partial charge on any atom is -0.444 e. The van der Waals surface area contributed by atoms with Crippen LogP contribution in [0.1, 0.15) is 54.9 Å². The molecule has 1 atom stereocenters. The van der Waals surface area contributed by atoms with Gasteiger partial charge in [0.2, 0.25) is 10.0 Å². The lowest BCUT2D eigenvalue weighted by Crippen LogP contribution is -2.45. The molecule has 1 saturated heterocycles. The van der Waals surface area contributed by atoms with E-state index in [1.54, 1.807) is 35.4 Å². The van der Waals surface area contributed by atoms with Crippen LogP contribution < -0.4 is 5.32 Å². The quantitative estimate of drug-likeness (QED) is 0.380. The second-order valence-electron chi connectivity index (χ2n) is 11.5. The maximum Gasteiger partial charge on any atom is 0.410 e. The Balaban J connectivity index is 1.70. The van der Waals surface area contributed by atoms with Crippen LogP contribution in [0.15, 0.2) is 40.4 Å². The minimum absolute atomic E-state index is 0.196. The fraction of sp³-hybridized carbons (Fsp3) is 0.593. The molecule has 3 rings (SSSR count). The number of nitrogens with zero attached hydrogens (tertiary/aromatic N) is 3. The van der Waals surface area contributed by atoms with Gasteiger partial charge >= 0.3 is 12.2 Å². The predicted molar refractivity (Wildman–Crippen MR) is 152 cm³/mol. The summed E-state index contributed by atoms with van der Waals surface area (Å²) in [5, 5.41) is 5.06. The van der Waals surface area contributed by atoms with Gasteiger partial charge in [-0.1, -0.05) is 6.07 Å². The maximum atomic E-state index is 13.7. The molecule has 39 heavy (non-hydrogen) atoms. The fourth-order valence-electron chi connectivity index (χ4n) is 4.14. The molecule has 2 amide bonds. The molecule has 1 aliphatic rings. The zero-order chi connectivity index (χ0) is 29.0. The fourth-order valence-corrected chi connectivity index (χ4v) is 6.71. The van der Waals surface area contributed by atoms with Crippen LogP contribution in [0.4, 0.5) is 9.59 Å². The van der Waals surface area contributed by atoms with Crippen molar-refractivity contribution in [2.24, 2.45) is 0 Å². The lowest BCUT2D eigenvalue weighted by atomic mass is 10.2. The second-order valence-corrected chi connectivity index (χ2v) is 14.5. The van der Waals surface area contributed by atoms with Gasteiger partial charge in [0, 0.05) is 49.6 Å². The molecule has 1 aromatic carbocycles. The number of carbonyl (C=O) groups excluding carboxylic acids is 2. The Morgan fingerprint density at radius 1 is 1.08 bits per heavy atom. The lowest BCUT2D eigenvalue weighted by molar-refractivity contribution is 0.0243. The van der Waals surface area contributed by atoms with Crippen LogP contribution in [0.25, 0.3) is 10.8 Å². The van der Waals surface area contributed by atoms with Gasteiger partial charge in [-0.25, -0.2) is 23.0 Å². The summed E-state index contributed by atoms with van der Waals surface area (Å²) in [6, 6.07) is 6.41. The summed E-state index contributed by atoms with van der Waals surface area (Å²) in [4.78, 5) is 30.7. The van der Waals surface area contributed by atoms with Crippen LogP contribution in [0, 0.1) is 0 Å². The molecule has 2 aromatic rings. The van der Waals surface area contributed by atoms with E-state index in [2.05, 4.69) is 10.3 Å². The van der Waals surface area contributed by atoms with Crippen molar-refractivity contribution in [2.45, 2.75) is 82.1 Å². The predicted octanol–water partition coefficient (Wildman–Crippen LogP) is 4.87. The highest BCUT2D eigenvalue weighted by Crippen LogP contribution is 2.30. The van der Waals surface area contributed by atoms with Gasteiger partial charge in [-0.15, -0.1) is 11.8 Å². The van der Waals surface area contributed by atoms with Crippen LogP contribution in [0.2, 0.25) is 0 Å². The van der Waals surface area contributed by atoms with Crippen molar-refractivity contribution in [3.8, 4) is 0 Å². The standard InChI is InChI=1S/C27H40N4O6S2/c1-19-18-30(25(33)37-27(5,6)7)14-8-15-31(19)39(34,35)21-9-10-22-20(17-21)11-12-28-23(22)38-16-13-29-24(32)36-26(2,3)4/h9-12,17,19H,8,13-16,18H2,1-7H3,(H,29,32)/t19-/m0/s1. The monoisotopic (exact) mass is 580 g/mol. The molecular formula is C27H40N4O6S2. The van der Waals surface area contributed by atoms with Crippen molar-refractivity contribution >= 4 is 44.7 Å². The normalized spacial score (nSPS) is 17.5. The Bertz CT molecular complexity index is 1290. The first-order valence-corrected chi connectivity index (χ1v) is 15.5. The van der Waals surface area contributed by atoms with Gasteiger partial charge in [0.05, 0.1) is 4.90 Å². The number of pyridine rings is 1. The summed E-state index contributed by atoms with van der Waals surface area (Å²) in [6.45, 7) is 14.1. The molecule has 1 aromatic heterocycles. The minimum atomic E-state index is -3.80. The Morgan fingerprint density at radius 3 is 2.44 bits per heavy atom. The van der Waals surface area contributed by atoms with E-state index in [4.69, 9.17) is 9.47 Å². The van der Waals surface area contributed by atoms with Gasteiger partial charge in [-0.05, 0) is 78.5 Å². The first-order valence-electron chi connectivity index (χ1n) is 13.0. The number of rotatable bonds is 6. The summed E-state index contributed by atoms with van der Waals surface area (Å²) in [7, 11) is -3.80. The third kappa shape index (κ3) is 8.71. The molecule has 0 spiro atoms. The third-order valence-corrected chi connectivity index (χ3v) is 8.77. The molecule has 12 heteroatoms. The molecule has 0 aliphatic carbocycles. The molecule has 0 bridgehead atoms. The van der Waals surface area contributed by atoms with E-state index in [-0.39, 0.29) is 11.4 Å². The lowest BCUT2D eigenvalue weighted by Gasteiger charge is -2.30. The number of hydrogen-bond acceptors (Lipinski definition) is 8. The number of thioether (sulfide) groups is 1. The van der Waals surface area contributed by atoms with Crippen molar-refractivity contribution in [2.75, 3.05) is 31.9 Å². The zero-order valence-electron chi connectivity index (χ0n) is 23.8. The number of amides is 2. The first kappa shape index (κ1) is 31.0. The van der Waals surface area contributed by atoms with Gasteiger partial charge < -0.3 is 19.7 Å². The summed E-state index contributed by atoms with van der Waals surface area (Å²) in [6.07, 6.45) is 1.26. The van der Waals surface area contributed by atoms with E-state index in [0.29, 0.717) is 31.8 Å². The molecule has 1 N–H and O–H groups in total. The SMILES string of the molecule is C[C@H]1CN(C(=O)OC(C)(C)C)CCCN1S(=O)(=O)c1ccc2c(SCCNC(=O)OC(C)(C)C)nccc2c1. The number of nitrogens with one attached hydrogen (secondary N) is 1. The van der Waals surface area contributed by atoms with E-state index >= 15 is 0 Å². The molecule has 10 nitrogen and oxygen atoms in total. The van der Waals surface area contributed by atoms with E-state index in [1.807, 2.05) is 48.5 Å². The van der Waals surface area contributed by atoms with Crippen LogP contribution in [0.3, 0.4) is 0 Å². The van der Waals surface area contributed by atoms with Gasteiger partial charge in [0.1, 0.15) is 16.2 Å². The Labute approximate surface area is 235 Å². The maximum absolute atomic E-state index is 13.7. The third-order valence-electron chi connectivity index (χ3n) is 5.75. The van der Waals surface area contributed by atoms with Gasteiger partial charge in [0.15, 0.2) is 0 Å². The van der Waals surface area contributed by atoms with Crippen molar-refractivity contribution in [1.29, 1.82) is 0 Å². The molecular weight excluding hydrogens is 540 g/mol. The molecule has 1 aliphatic heterocycles. The Kier molecular flexibility index (Phi) is 9.77. The zero-order valence-corrected chi connectivity index (χ0v) is 25.4. The summed E-state index contributed by atoms with van der Waals surface area (Å²) >= 11 is 1.47. The molecule has 1 fully saturated rings. The highest BCUT2D eigenvalue weighted by Gasteiger charge is 2.34. The number of alkyl carbamates (subject to hydrolysis) is 1.